The molecule has 2 heterocycles. The summed E-state index contributed by atoms with van der Waals surface area (Å²) in [7, 11) is 0. The quantitative estimate of drug-likeness (QED) is 0.880. The highest BCUT2D eigenvalue weighted by atomic mass is 79.9. The van der Waals surface area contributed by atoms with Crippen LogP contribution in [0.25, 0.3) is 10.9 Å². The second-order valence-electron chi connectivity index (χ2n) is 4.18. The molecule has 0 spiro atoms. The van der Waals surface area contributed by atoms with Crippen LogP contribution in [0.4, 0.5) is 0 Å². The molecule has 0 unspecified atom stereocenters. The van der Waals surface area contributed by atoms with Gasteiger partial charge in [-0.25, -0.2) is 4.79 Å². The number of carboxylic acid groups (broad SMARTS) is 1. The largest absolute Gasteiger partial charge is 0.478 e. The molecule has 0 fully saturated rings. The Labute approximate surface area is 112 Å². The van der Waals surface area contributed by atoms with Gasteiger partial charge in [-0.15, -0.1) is 0 Å². The lowest BCUT2D eigenvalue weighted by molar-refractivity contribution is 0.0683. The number of pyridine rings is 1. The molecule has 1 aliphatic rings. The molecular formula is C13H10BrNO3. The lowest BCUT2D eigenvalue weighted by atomic mass is 9.98. The normalized spacial score (nSPS) is 14.5. The minimum atomic E-state index is -0.925. The number of halogens is 1. The van der Waals surface area contributed by atoms with Crippen molar-refractivity contribution in [1.29, 1.82) is 0 Å². The molecule has 0 radical (unpaired) electrons. The number of rotatable bonds is 1. The first kappa shape index (κ1) is 11.6. The van der Waals surface area contributed by atoms with Crippen LogP contribution in [0.3, 0.4) is 0 Å². The van der Waals surface area contributed by atoms with Crippen LogP contribution in [0.15, 0.2) is 22.7 Å². The van der Waals surface area contributed by atoms with Gasteiger partial charge < -0.3 is 9.84 Å². The van der Waals surface area contributed by atoms with Gasteiger partial charge in [-0.1, -0.05) is 22.0 Å². The fraction of sp³-hybridized carbons (Fsp3) is 0.231. The molecule has 1 aromatic carbocycles. The van der Waals surface area contributed by atoms with Crippen LogP contribution in [0.1, 0.15) is 21.6 Å². The maximum atomic E-state index is 11.5. The Balaban J connectivity index is 2.40. The summed E-state index contributed by atoms with van der Waals surface area (Å²) in [5.74, 6) is -0.925. The Morgan fingerprint density at radius 2 is 2.28 bits per heavy atom. The van der Waals surface area contributed by atoms with Crippen LogP contribution in [0.2, 0.25) is 0 Å². The highest BCUT2D eigenvalue weighted by molar-refractivity contribution is 9.10. The second-order valence-corrected chi connectivity index (χ2v) is 5.10. The van der Waals surface area contributed by atoms with Gasteiger partial charge in [0.15, 0.2) is 0 Å². The van der Waals surface area contributed by atoms with Gasteiger partial charge in [0, 0.05) is 27.5 Å². The zero-order valence-electron chi connectivity index (χ0n) is 9.44. The molecule has 0 amide bonds. The topological polar surface area (TPSA) is 59.4 Å². The van der Waals surface area contributed by atoms with Crippen LogP contribution in [-0.2, 0) is 17.8 Å². The SMILES string of the molecule is O=C(O)c1c2c(nc3cc(Br)ccc13)CCOC2. The monoisotopic (exact) mass is 307 g/mol. The summed E-state index contributed by atoms with van der Waals surface area (Å²) >= 11 is 3.38. The number of carbonyl (C=O) groups is 1. The van der Waals surface area contributed by atoms with E-state index >= 15 is 0 Å². The molecule has 1 N–H and O–H groups in total. The summed E-state index contributed by atoms with van der Waals surface area (Å²) in [5.41, 5.74) is 2.58. The van der Waals surface area contributed by atoms with Crippen molar-refractivity contribution in [1.82, 2.24) is 4.98 Å². The van der Waals surface area contributed by atoms with E-state index in [4.69, 9.17) is 4.74 Å². The van der Waals surface area contributed by atoms with Crippen molar-refractivity contribution < 1.29 is 14.6 Å². The average Bonchev–Trinajstić information content (AvgIpc) is 2.35. The molecule has 0 saturated heterocycles. The Hall–Kier alpha value is -1.46. The Bertz CT molecular complexity index is 654. The summed E-state index contributed by atoms with van der Waals surface area (Å²) in [6.45, 7) is 0.925. The van der Waals surface area contributed by atoms with Crippen LogP contribution >= 0.6 is 15.9 Å². The summed E-state index contributed by atoms with van der Waals surface area (Å²) in [5, 5.41) is 10.1. The predicted molar refractivity (Wildman–Crippen MR) is 69.8 cm³/mol. The number of ether oxygens (including phenoxy) is 1. The molecule has 2 aromatic rings. The van der Waals surface area contributed by atoms with Gasteiger partial charge in [-0.2, -0.15) is 0 Å². The zero-order chi connectivity index (χ0) is 12.7. The Kier molecular flexibility index (Phi) is 2.80. The van der Waals surface area contributed by atoms with Crippen molar-refractivity contribution >= 4 is 32.8 Å². The number of hydrogen-bond donors (Lipinski definition) is 1. The predicted octanol–water partition coefficient (Wildman–Crippen LogP) is 2.77. The maximum absolute atomic E-state index is 11.5. The van der Waals surface area contributed by atoms with Gasteiger partial charge in [-0.05, 0) is 12.1 Å². The lowest BCUT2D eigenvalue weighted by Crippen LogP contribution is -2.17. The van der Waals surface area contributed by atoms with Crippen molar-refractivity contribution in [2.24, 2.45) is 0 Å². The molecule has 92 valence electrons. The van der Waals surface area contributed by atoms with E-state index in [-0.39, 0.29) is 0 Å². The minimum Gasteiger partial charge on any atom is -0.478 e. The van der Waals surface area contributed by atoms with Gasteiger partial charge in [0.1, 0.15) is 0 Å². The number of aromatic carboxylic acids is 1. The first-order valence-corrected chi connectivity index (χ1v) is 6.38. The van der Waals surface area contributed by atoms with Crippen molar-refractivity contribution in [2.45, 2.75) is 13.0 Å². The van der Waals surface area contributed by atoms with E-state index in [1.807, 2.05) is 12.1 Å². The third kappa shape index (κ3) is 1.79. The lowest BCUT2D eigenvalue weighted by Gasteiger charge is -2.19. The van der Waals surface area contributed by atoms with E-state index in [9.17, 15) is 9.90 Å². The fourth-order valence-electron chi connectivity index (χ4n) is 2.28. The summed E-state index contributed by atoms with van der Waals surface area (Å²) in [4.78, 5) is 16.0. The molecule has 1 aromatic heterocycles. The molecule has 0 bridgehead atoms. The number of aromatic nitrogens is 1. The average molecular weight is 308 g/mol. The molecule has 4 nitrogen and oxygen atoms in total. The Morgan fingerprint density at radius 1 is 1.44 bits per heavy atom. The van der Waals surface area contributed by atoms with Crippen LogP contribution in [0, 0.1) is 0 Å². The van der Waals surface area contributed by atoms with Crippen LogP contribution in [-0.4, -0.2) is 22.7 Å². The zero-order valence-corrected chi connectivity index (χ0v) is 11.0. The highest BCUT2D eigenvalue weighted by Crippen LogP contribution is 2.28. The van der Waals surface area contributed by atoms with Crippen molar-refractivity contribution in [2.75, 3.05) is 6.61 Å². The van der Waals surface area contributed by atoms with Crippen molar-refractivity contribution in [3.63, 3.8) is 0 Å². The summed E-state index contributed by atoms with van der Waals surface area (Å²) < 4.78 is 6.24. The third-order valence-corrected chi connectivity index (χ3v) is 3.57. The molecule has 1 aliphatic heterocycles. The third-order valence-electron chi connectivity index (χ3n) is 3.08. The van der Waals surface area contributed by atoms with E-state index < -0.39 is 5.97 Å². The summed E-state index contributed by atoms with van der Waals surface area (Å²) in [6.07, 6.45) is 0.665. The first-order chi connectivity index (χ1) is 8.66. The number of hydrogen-bond acceptors (Lipinski definition) is 3. The van der Waals surface area contributed by atoms with Gasteiger partial charge in [0.25, 0.3) is 0 Å². The molecule has 0 aliphatic carbocycles. The van der Waals surface area contributed by atoms with Gasteiger partial charge in [0.2, 0.25) is 0 Å². The molecule has 0 saturated carbocycles. The number of carboxylic acids is 1. The van der Waals surface area contributed by atoms with Gasteiger partial charge in [-0.3, -0.25) is 4.98 Å². The molecule has 5 heteroatoms. The van der Waals surface area contributed by atoms with Gasteiger partial charge in [0.05, 0.1) is 24.3 Å². The fourth-order valence-corrected chi connectivity index (χ4v) is 2.63. The second kappa shape index (κ2) is 4.33. The van der Waals surface area contributed by atoms with Crippen molar-refractivity contribution in [3.05, 3.63) is 39.5 Å². The van der Waals surface area contributed by atoms with Crippen LogP contribution < -0.4 is 0 Å². The van der Waals surface area contributed by atoms with E-state index in [0.29, 0.717) is 41.7 Å². The number of benzene rings is 1. The van der Waals surface area contributed by atoms with E-state index in [0.717, 1.165) is 10.2 Å². The smallest absolute Gasteiger partial charge is 0.336 e. The number of fused-ring (bicyclic) bond motifs is 2. The van der Waals surface area contributed by atoms with Gasteiger partial charge >= 0.3 is 5.97 Å². The van der Waals surface area contributed by atoms with Crippen LogP contribution in [0.5, 0.6) is 0 Å². The number of nitrogens with zero attached hydrogens (tertiary/aromatic N) is 1. The van der Waals surface area contributed by atoms with E-state index in [1.54, 1.807) is 6.07 Å². The summed E-state index contributed by atoms with van der Waals surface area (Å²) in [6, 6.07) is 5.45. The molecular weight excluding hydrogens is 298 g/mol. The highest BCUT2D eigenvalue weighted by Gasteiger charge is 2.22. The maximum Gasteiger partial charge on any atom is 0.336 e. The molecule has 18 heavy (non-hydrogen) atoms. The Morgan fingerprint density at radius 3 is 3.06 bits per heavy atom. The van der Waals surface area contributed by atoms with E-state index in [1.165, 1.54) is 0 Å². The first-order valence-electron chi connectivity index (χ1n) is 5.59. The van der Waals surface area contributed by atoms with Crippen molar-refractivity contribution in [3.8, 4) is 0 Å². The minimum absolute atomic E-state index is 0.321. The molecule has 0 atom stereocenters. The standard InChI is InChI=1S/C13H10BrNO3/c14-7-1-2-8-11(5-7)15-10-3-4-18-6-9(10)12(8)13(16)17/h1-2,5H,3-4,6H2,(H,16,17). The molecule has 3 rings (SSSR count). The van der Waals surface area contributed by atoms with E-state index in [2.05, 4.69) is 20.9 Å².